The fourth-order valence-corrected chi connectivity index (χ4v) is 0.908. The number of ether oxygens (including phenoxy) is 1. The molecule has 0 fully saturated rings. The smallest absolute Gasteiger partial charge is 1.00 e. The molecule has 0 aliphatic heterocycles. The molecule has 1 rings (SSSR count). The molecule has 0 heterocycles. The van der Waals surface area contributed by atoms with Gasteiger partial charge in [-0.2, -0.15) is 17.7 Å². The van der Waals surface area contributed by atoms with Gasteiger partial charge in [0.1, 0.15) is 0 Å². The maximum absolute atomic E-state index is 5.44. The van der Waals surface area contributed by atoms with E-state index in [1.165, 1.54) is 0 Å². The third kappa shape index (κ3) is 6.46. The van der Waals surface area contributed by atoms with Crippen molar-refractivity contribution < 1.29 is 21.7 Å². The molecule has 0 atom stereocenters. The van der Waals surface area contributed by atoms with Crippen molar-refractivity contribution >= 4 is 23.1 Å². The third-order valence-corrected chi connectivity index (χ3v) is 1.51. The van der Waals surface area contributed by atoms with Gasteiger partial charge in [0, 0.05) is 5.75 Å². The number of benzene rings is 1. The molecule has 0 unspecified atom stereocenters. The van der Waals surface area contributed by atoms with Gasteiger partial charge in [-0.15, -0.1) is 18.7 Å². The van der Waals surface area contributed by atoms with Gasteiger partial charge >= 0.3 is 23.1 Å². The zero-order valence-electron chi connectivity index (χ0n) is 8.42. The first kappa shape index (κ1) is 16.4. The second-order valence-corrected chi connectivity index (χ2v) is 2.63. The van der Waals surface area contributed by atoms with E-state index in [1.54, 1.807) is 0 Å². The molecule has 0 radical (unpaired) electrons. The van der Waals surface area contributed by atoms with E-state index in [-0.39, 0.29) is 40.0 Å². The van der Waals surface area contributed by atoms with E-state index in [0.29, 0.717) is 6.61 Å². The standard InChI is InChI=1S/C11H13O.BrH.Mg/c1-3-4-8-12-11-7-5-6-10(2)9-11;;/h3,5,7,9H,1,4,8H2,2H3;1H;/q-1;;+2/p-1. The van der Waals surface area contributed by atoms with E-state index in [1.807, 2.05) is 31.2 Å². The maximum atomic E-state index is 5.44. The summed E-state index contributed by atoms with van der Waals surface area (Å²) < 4.78 is 5.44. The molecule has 0 amide bonds. The monoisotopic (exact) mass is 264 g/mol. The number of halogens is 1. The van der Waals surface area contributed by atoms with Gasteiger partial charge in [0.25, 0.3) is 0 Å². The van der Waals surface area contributed by atoms with E-state index in [2.05, 4.69) is 12.6 Å². The number of aryl methyl sites for hydroxylation is 1. The van der Waals surface area contributed by atoms with Crippen LogP contribution in [0.1, 0.15) is 12.0 Å². The molecule has 14 heavy (non-hydrogen) atoms. The Kier molecular flexibility index (Phi) is 11.2. The third-order valence-electron chi connectivity index (χ3n) is 1.51. The second kappa shape index (κ2) is 9.56. The van der Waals surface area contributed by atoms with Crippen LogP contribution in [-0.2, 0) is 0 Å². The van der Waals surface area contributed by atoms with E-state index < -0.39 is 0 Å². The Bertz CT molecular complexity index is 263. The first-order chi connectivity index (χ1) is 5.83. The van der Waals surface area contributed by atoms with Crippen LogP contribution in [0.5, 0.6) is 5.75 Å². The Morgan fingerprint density at radius 1 is 1.57 bits per heavy atom. The predicted molar refractivity (Wildman–Crippen MR) is 56.1 cm³/mol. The topological polar surface area (TPSA) is 9.23 Å². The minimum Gasteiger partial charge on any atom is -1.00 e. The Hall–Kier alpha value is 0.00623. The van der Waals surface area contributed by atoms with Crippen molar-refractivity contribution in [2.24, 2.45) is 0 Å². The first-order valence-corrected chi connectivity index (χ1v) is 4.05. The predicted octanol–water partition coefficient (Wildman–Crippen LogP) is -0.627. The molecule has 0 saturated carbocycles. The summed E-state index contributed by atoms with van der Waals surface area (Å²) in [6.45, 7) is 6.32. The summed E-state index contributed by atoms with van der Waals surface area (Å²) in [7, 11) is 0. The zero-order chi connectivity index (χ0) is 8.81. The van der Waals surface area contributed by atoms with Crippen LogP contribution in [0.25, 0.3) is 0 Å². The van der Waals surface area contributed by atoms with Crippen molar-refractivity contribution in [3.05, 3.63) is 42.5 Å². The fourth-order valence-electron chi connectivity index (χ4n) is 0.908. The Morgan fingerprint density at radius 2 is 2.29 bits per heavy atom. The molecule has 0 bridgehead atoms. The largest absolute Gasteiger partial charge is 2.00 e. The molecule has 0 aliphatic carbocycles. The summed E-state index contributed by atoms with van der Waals surface area (Å²) in [6.07, 6.45) is 2.74. The molecule has 1 aromatic rings. The van der Waals surface area contributed by atoms with E-state index in [0.717, 1.165) is 17.7 Å². The van der Waals surface area contributed by atoms with Crippen LogP contribution in [0.2, 0.25) is 0 Å². The molecular weight excluding hydrogens is 252 g/mol. The van der Waals surface area contributed by atoms with Gasteiger partial charge in [-0.05, 0) is 6.42 Å². The molecule has 0 aliphatic rings. The molecule has 72 valence electrons. The van der Waals surface area contributed by atoms with Crippen molar-refractivity contribution in [2.45, 2.75) is 13.3 Å². The van der Waals surface area contributed by atoms with E-state index in [4.69, 9.17) is 4.74 Å². The van der Waals surface area contributed by atoms with Crippen molar-refractivity contribution in [2.75, 3.05) is 6.61 Å². The Labute approximate surface area is 112 Å². The van der Waals surface area contributed by atoms with E-state index >= 15 is 0 Å². The average Bonchev–Trinajstić information content (AvgIpc) is 2.05. The summed E-state index contributed by atoms with van der Waals surface area (Å²) in [5.74, 6) is 0.910. The van der Waals surface area contributed by atoms with Gasteiger partial charge in [-0.1, -0.05) is 13.0 Å². The van der Waals surface area contributed by atoms with Crippen LogP contribution in [0.15, 0.2) is 30.9 Å². The second-order valence-electron chi connectivity index (χ2n) is 2.63. The fraction of sp³-hybridized carbons (Fsp3) is 0.273. The van der Waals surface area contributed by atoms with Crippen molar-refractivity contribution in [1.29, 1.82) is 0 Å². The average molecular weight is 265 g/mol. The molecule has 1 nitrogen and oxygen atoms in total. The van der Waals surface area contributed by atoms with Crippen molar-refractivity contribution in [1.82, 2.24) is 0 Å². The van der Waals surface area contributed by atoms with Gasteiger partial charge < -0.3 is 21.7 Å². The van der Waals surface area contributed by atoms with Gasteiger partial charge in [0.05, 0.1) is 6.61 Å². The summed E-state index contributed by atoms with van der Waals surface area (Å²) in [4.78, 5) is 0. The van der Waals surface area contributed by atoms with Crippen LogP contribution < -0.4 is 21.7 Å². The summed E-state index contributed by atoms with van der Waals surface area (Å²) in [5.41, 5.74) is 1.10. The maximum Gasteiger partial charge on any atom is 2.00 e. The number of rotatable bonds is 4. The van der Waals surface area contributed by atoms with Crippen LogP contribution in [0.4, 0.5) is 0 Å². The minimum atomic E-state index is 0. The quantitative estimate of drug-likeness (QED) is 0.305. The van der Waals surface area contributed by atoms with Crippen LogP contribution in [0, 0.1) is 13.0 Å². The Morgan fingerprint density at radius 3 is 2.86 bits per heavy atom. The van der Waals surface area contributed by atoms with Crippen LogP contribution in [0.3, 0.4) is 0 Å². The van der Waals surface area contributed by atoms with Crippen molar-refractivity contribution in [3.63, 3.8) is 0 Å². The molecule has 1 aromatic carbocycles. The molecule has 3 heteroatoms. The normalized spacial score (nSPS) is 8.07. The summed E-state index contributed by atoms with van der Waals surface area (Å²) in [5, 5.41) is 0. The number of hydrogen-bond donors (Lipinski definition) is 0. The number of hydrogen-bond acceptors (Lipinski definition) is 1. The molecule has 0 aromatic heterocycles. The Balaban J connectivity index is 0. The first-order valence-electron chi connectivity index (χ1n) is 4.05. The van der Waals surface area contributed by atoms with Crippen LogP contribution in [-0.4, -0.2) is 29.7 Å². The van der Waals surface area contributed by atoms with Crippen molar-refractivity contribution in [3.8, 4) is 5.75 Å². The van der Waals surface area contributed by atoms with Gasteiger partial charge in [-0.3, -0.25) is 0 Å². The molecule has 0 spiro atoms. The van der Waals surface area contributed by atoms with Gasteiger partial charge in [0.15, 0.2) is 0 Å². The van der Waals surface area contributed by atoms with Gasteiger partial charge in [-0.25, -0.2) is 0 Å². The summed E-state index contributed by atoms with van der Waals surface area (Å²) in [6, 6.07) is 8.82. The van der Waals surface area contributed by atoms with Crippen LogP contribution >= 0.6 is 0 Å². The molecule has 0 saturated heterocycles. The SMILES string of the molecule is C=CCCOc1cc[c-]c(C)c1.[Br-].[Mg+2]. The van der Waals surface area contributed by atoms with Gasteiger partial charge in [0.2, 0.25) is 0 Å². The molecule has 0 N–H and O–H groups in total. The summed E-state index contributed by atoms with van der Waals surface area (Å²) >= 11 is 0. The zero-order valence-corrected chi connectivity index (χ0v) is 11.4. The van der Waals surface area contributed by atoms with E-state index in [9.17, 15) is 0 Å². The molecular formula is C11H13BrMgO. The minimum absolute atomic E-state index is 0.